The first kappa shape index (κ1) is 16.5. The van der Waals surface area contributed by atoms with E-state index in [0.717, 1.165) is 53.9 Å². The minimum atomic E-state index is 0. The van der Waals surface area contributed by atoms with Gasteiger partial charge in [-0.3, -0.25) is 0 Å². The molecule has 4 heterocycles. The number of anilines is 2. The highest BCUT2D eigenvalue weighted by Gasteiger charge is 2.17. The van der Waals surface area contributed by atoms with Crippen LogP contribution in [-0.4, -0.2) is 51.0 Å². The lowest BCUT2D eigenvalue weighted by Crippen LogP contribution is -2.37. The van der Waals surface area contributed by atoms with Crippen LogP contribution in [0.5, 0.6) is 0 Å². The van der Waals surface area contributed by atoms with Gasteiger partial charge in [0.1, 0.15) is 11.5 Å². The van der Waals surface area contributed by atoms with E-state index in [0.29, 0.717) is 12.0 Å². The number of aromatic amines is 1. The molecule has 0 aromatic carbocycles. The van der Waals surface area contributed by atoms with Crippen molar-refractivity contribution in [2.45, 2.75) is 18.9 Å². The van der Waals surface area contributed by atoms with Crippen LogP contribution in [0.1, 0.15) is 15.7 Å². The maximum absolute atomic E-state index is 4.64. The summed E-state index contributed by atoms with van der Waals surface area (Å²) in [6, 6.07) is 4.38. The number of rotatable bonds is 5. The van der Waals surface area contributed by atoms with Crippen molar-refractivity contribution < 1.29 is 2.85 Å². The zero-order valence-corrected chi connectivity index (χ0v) is 14.9. The number of aromatic nitrogens is 4. The molecule has 0 atom stereocenters. The van der Waals surface area contributed by atoms with Gasteiger partial charge in [-0.15, -0.1) is 0 Å². The summed E-state index contributed by atoms with van der Waals surface area (Å²) in [5.41, 5.74) is 2.90. The Kier molecular flexibility index (Phi) is 4.53. The monoisotopic (exact) mass is 353 g/mol. The van der Waals surface area contributed by atoms with Crippen LogP contribution in [0.4, 0.5) is 11.8 Å². The average Bonchev–Trinajstić information content (AvgIpc) is 3.08. The molecular weight excluding hydrogens is 326 g/mol. The fourth-order valence-corrected chi connectivity index (χ4v) is 3.29. The third-order valence-corrected chi connectivity index (χ3v) is 4.81. The molecule has 0 bridgehead atoms. The zero-order valence-electron chi connectivity index (χ0n) is 14.9. The van der Waals surface area contributed by atoms with Crippen LogP contribution in [0.15, 0.2) is 43.5 Å². The minimum Gasteiger partial charge on any atom is -0.351 e. The summed E-state index contributed by atoms with van der Waals surface area (Å²) in [6.45, 7) is 5.86. The van der Waals surface area contributed by atoms with Gasteiger partial charge in [0.15, 0.2) is 0 Å². The molecule has 1 aliphatic heterocycles. The van der Waals surface area contributed by atoms with Gasteiger partial charge >= 0.3 is 0 Å². The molecule has 7 nitrogen and oxygen atoms in total. The summed E-state index contributed by atoms with van der Waals surface area (Å²) in [6.07, 6.45) is 9.51. The largest absolute Gasteiger partial charge is 0.351 e. The molecule has 138 valence electrons. The Hall–Kier alpha value is -2.93. The Morgan fingerprint density at radius 1 is 1.27 bits per heavy atom. The predicted octanol–water partition coefficient (Wildman–Crippen LogP) is 3.57. The van der Waals surface area contributed by atoms with Crippen LogP contribution in [-0.2, 0) is 0 Å². The van der Waals surface area contributed by atoms with Gasteiger partial charge in [0.25, 0.3) is 0 Å². The summed E-state index contributed by atoms with van der Waals surface area (Å²) in [4.78, 5) is 19.1. The van der Waals surface area contributed by atoms with E-state index in [1.165, 1.54) is 0 Å². The molecule has 0 spiro atoms. The molecule has 3 N–H and O–H groups in total. The number of fused-ring (bicyclic) bond motifs is 1. The number of hydrogen-bond acceptors (Lipinski definition) is 6. The minimum absolute atomic E-state index is 0. The van der Waals surface area contributed by atoms with Gasteiger partial charge in [-0.2, -0.15) is 4.98 Å². The average molecular weight is 353 g/mol. The number of hydrogen-bond donors (Lipinski definition) is 3. The molecular formula is C19H27N7. The van der Waals surface area contributed by atoms with Gasteiger partial charge in [0, 0.05) is 44.0 Å². The van der Waals surface area contributed by atoms with Gasteiger partial charge in [0.05, 0.1) is 0 Å². The predicted molar refractivity (Wildman–Crippen MR) is 109 cm³/mol. The second-order valence-corrected chi connectivity index (χ2v) is 6.66. The standard InChI is InChI=1S/C19H23N7.2H2/c1-3-20-17-5-4-13(10-21-17)15-11-22-18-16(15)12-23-19(25-18)24-14-6-8-26(2)9-7-14;;/h3-5,10-12,14H,1,6-9H2,2H3,(H,20,21)(H2,22,23,24,25);2*1H. The van der Waals surface area contributed by atoms with Crippen LogP contribution in [0.3, 0.4) is 0 Å². The van der Waals surface area contributed by atoms with E-state index >= 15 is 0 Å². The summed E-state index contributed by atoms with van der Waals surface area (Å²) >= 11 is 0. The van der Waals surface area contributed by atoms with E-state index in [2.05, 4.69) is 49.1 Å². The quantitative estimate of drug-likeness (QED) is 0.650. The normalized spacial score (nSPS) is 15.9. The van der Waals surface area contributed by atoms with Crippen molar-refractivity contribution in [1.29, 1.82) is 0 Å². The molecule has 1 aliphatic rings. The Morgan fingerprint density at radius 2 is 2.12 bits per heavy atom. The van der Waals surface area contributed by atoms with Crippen LogP contribution in [0.25, 0.3) is 22.2 Å². The van der Waals surface area contributed by atoms with E-state index in [1.807, 2.05) is 30.7 Å². The van der Waals surface area contributed by atoms with Crippen LogP contribution in [0, 0.1) is 0 Å². The molecule has 0 unspecified atom stereocenters. The third kappa shape index (κ3) is 3.39. The van der Waals surface area contributed by atoms with Gasteiger partial charge in [-0.25, -0.2) is 9.97 Å². The third-order valence-electron chi connectivity index (χ3n) is 4.81. The number of nitrogens with zero attached hydrogens (tertiary/aromatic N) is 4. The van der Waals surface area contributed by atoms with Crippen LogP contribution in [0.2, 0.25) is 0 Å². The van der Waals surface area contributed by atoms with Gasteiger partial charge in [0.2, 0.25) is 5.95 Å². The van der Waals surface area contributed by atoms with Crippen molar-refractivity contribution in [3.05, 3.63) is 43.5 Å². The number of H-pyrrole nitrogens is 1. The molecule has 26 heavy (non-hydrogen) atoms. The van der Waals surface area contributed by atoms with Gasteiger partial charge < -0.3 is 20.5 Å². The molecule has 0 saturated carbocycles. The summed E-state index contributed by atoms with van der Waals surface area (Å²) in [7, 11) is 2.16. The summed E-state index contributed by atoms with van der Waals surface area (Å²) in [5, 5.41) is 7.43. The van der Waals surface area contributed by atoms with E-state index in [4.69, 9.17) is 0 Å². The van der Waals surface area contributed by atoms with E-state index in [-0.39, 0.29) is 2.85 Å². The van der Waals surface area contributed by atoms with Crippen molar-refractivity contribution in [3.8, 4) is 11.1 Å². The molecule has 1 fully saturated rings. The van der Waals surface area contributed by atoms with Crippen molar-refractivity contribution in [1.82, 2.24) is 24.8 Å². The lowest BCUT2D eigenvalue weighted by atomic mass is 10.1. The molecule has 0 aliphatic carbocycles. The Balaban J connectivity index is 0.00000140. The van der Waals surface area contributed by atoms with E-state index in [9.17, 15) is 0 Å². The fourth-order valence-electron chi connectivity index (χ4n) is 3.29. The lowest BCUT2D eigenvalue weighted by molar-refractivity contribution is 0.263. The SMILES string of the molecule is C=CNc1ccc(-c2c[nH]c3nc(NC4CCN(C)CC4)ncc23)cn1.[HH].[HH]. The Labute approximate surface area is 155 Å². The number of piperidine rings is 1. The van der Waals surface area contributed by atoms with E-state index < -0.39 is 0 Å². The smallest absolute Gasteiger partial charge is 0.224 e. The molecule has 3 aromatic rings. The highest BCUT2D eigenvalue weighted by atomic mass is 15.2. The zero-order chi connectivity index (χ0) is 17.9. The van der Waals surface area contributed by atoms with Gasteiger partial charge in [-0.05, 0) is 51.3 Å². The highest BCUT2D eigenvalue weighted by molar-refractivity contribution is 5.93. The topological polar surface area (TPSA) is 81.8 Å². The molecule has 0 radical (unpaired) electrons. The lowest BCUT2D eigenvalue weighted by Gasteiger charge is -2.29. The first-order valence-corrected chi connectivity index (χ1v) is 8.86. The Bertz CT molecular complexity index is 902. The molecule has 3 aromatic heterocycles. The highest BCUT2D eigenvalue weighted by Crippen LogP contribution is 2.28. The van der Waals surface area contributed by atoms with Crippen LogP contribution < -0.4 is 10.6 Å². The van der Waals surface area contributed by atoms with E-state index in [1.54, 1.807) is 6.20 Å². The van der Waals surface area contributed by atoms with Crippen molar-refractivity contribution in [3.63, 3.8) is 0 Å². The summed E-state index contributed by atoms with van der Waals surface area (Å²) < 4.78 is 0. The second-order valence-electron chi connectivity index (χ2n) is 6.66. The van der Waals surface area contributed by atoms with Crippen molar-refractivity contribution >= 4 is 22.8 Å². The first-order chi connectivity index (χ1) is 12.7. The Morgan fingerprint density at radius 3 is 2.85 bits per heavy atom. The molecule has 1 saturated heterocycles. The molecule has 0 amide bonds. The summed E-state index contributed by atoms with van der Waals surface area (Å²) in [5.74, 6) is 1.45. The van der Waals surface area contributed by atoms with Crippen molar-refractivity contribution in [2.24, 2.45) is 0 Å². The maximum atomic E-state index is 4.64. The second kappa shape index (κ2) is 7.13. The number of pyridine rings is 1. The first-order valence-electron chi connectivity index (χ1n) is 8.86. The molecule has 7 heteroatoms. The number of nitrogens with one attached hydrogen (secondary N) is 3. The number of likely N-dealkylation sites (tertiary alicyclic amines) is 1. The maximum Gasteiger partial charge on any atom is 0.224 e. The molecule has 4 rings (SSSR count). The fraction of sp³-hybridized carbons (Fsp3) is 0.316. The van der Waals surface area contributed by atoms with Crippen LogP contribution >= 0.6 is 0 Å². The van der Waals surface area contributed by atoms with Gasteiger partial charge in [-0.1, -0.05) is 6.58 Å². The van der Waals surface area contributed by atoms with Crippen molar-refractivity contribution in [2.75, 3.05) is 30.8 Å².